The summed E-state index contributed by atoms with van der Waals surface area (Å²) in [6.45, 7) is 1.27. The van der Waals surface area contributed by atoms with Crippen LogP contribution in [0.5, 0.6) is 0 Å². The first-order valence-electron chi connectivity index (χ1n) is 10.4. The Hall–Kier alpha value is -4.18. The number of nitrogens with zero attached hydrogens (tertiary/aromatic N) is 1. The molecule has 0 saturated carbocycles. The summed E-state index contributed by atoms with van der Waals surface area (Å²) in [5.41, 5.74) is 1.90. The Morgan fingerprint density at radius 3 is 2.63 bits per heavy atom. The number of hydrogen-bond acceptors (Lipinski definition) is 7. The van der Waals surface area contributed by atoms with Gasteiger partial charge in [-0.2, -0.15) is 0 Å². The highest BCUT2D eigenvalue weighted by Crippen LogP contribution is 2.34. The molecule has 1 aliphatic heterocycles. The van der Waals surface area contributed by atoms with E-state index in [0.29, 0.717) is 28.8 Å². The Kier molecular flexibility index (Phi) is 6.83. The van der Waals surface area contributed by atoms with Gasteiger partial charge < -0.3 is 14.5 Å². The number of furan rings is 1. The number of anilines is 1. The van der Waals surface area contributed by atoms with Gasteiger partial charge in [0.2, 0.25) is 5.91 Å². The average molecular weight is 495 g/mol. The van der Waals surface area contributed by atoms with Crippen molar-refractivity contribution >= 4 is 46.5 Å². The Labute approximate surface area is 203 Å². The molecule has 35 heavy (non-hydrogen) atoms. The van der Waals surface area contributed by atoms with Crippen molar-refractivity contribution in [2.45, 2.75) is 6.92 Å². The van der Waals surface area contributed by atoms with Gasteiger partial charge in [0.25, 0.3) is 11.1 Å². The number of thioether (sulfide) groups is 1. The summed E-state index contributed by atoms with van der Waals surface area (Å²) in [6.07, 6.45) is 1.42. The van der Waals surface area contributed by atoms with Gasteiger partial charge in [0, 0.05) is 11.6 Å². The number of carbonyl (C=O) groups excluding carboxylic acids is 4. The maximum absolute atomic E-state index is 13.7. The van der Waals surface area contributed by atoms with Gasteiger partial charge in [-0.1, -0.05) is 18.2 Å². The molecule has 3 amide bonds. The third-order valence-corrected chi connectivity index (χ3v) is 6.04. The molecule has 1 aromatic heterocycles. The minimum Gasteiger partial charge on any atom is -0.465 e. The molecule has 8 nitrogen and oxygen atoms in total. The first-order chi connectivity index (χ1) is 16.8. The van der Waals surface area contributed by atoms with Gasteiger partial charge >= 0.3 is 5.97 Å². The zero-order chi connectivity index (χ0) is 25.1. The van der Waals surface area contributed by atoms with Crippen LogP contribution in [0.2, 0.25) is 0 Å². The van der Waals surface area contributed by atoms with Gasteiger partial charge in [-0.15, -0.1) is 0 Å². The van der Waals surface area contributed by atoms with E-state index in [0.717, 1.165) is 16.0 Å². The lowest BCUT2D eigenvalue weighted by Crippen LogP contribution is -2.36. The summed E-state index contributed by atoms with van der Waals surface area (Å²) in [7, 11) is 1.31. The number of carbonyl (C=O) groups is 4. The lowest BCUT2D eigenvalue weighted by molar-refractivity contribution is -0.127. The van der Waals surface area contributed by atoms with Crippen LogP contribution in [0.15, 0.2) is 63.9 Å². The fourth-order valence-corrected chi connectivity index (χ4v) is 4.24. The minimum absolute atomic E-state index is 0.0435. The van der Waals surface area contributed by atoms with E-state index in [1.807, 2.05) is 6.92 Å². The normalized spacial score (nSPS) is 14.5. The van der Waals surface area contributed by atoms with E-state index in [1.54, 1.807) is 36.4 Å². The van der Waals surface area contributed by atoms with Crippen LogP contribution >= 0.6 is 11.8 Å². The van der Waals surface area contributed by atoms with Gasteiger partial charge in [-0.25, -0.2) is 9.18 Å². The van der Waals surface area contributed by atoms with Gasteiger partial charge in [0.05, 0.1) is 23.3 Å². The molecule has 0 radical (unpaired) electrons. The Bertz CT molecular complexity index is 1380. The van der Waals surface area contributed by atoms with Crippen LogP contribution in [0.1, 0.15) is 21.7 Å². The molecule has 1 saturated heterocycles. The van der Waals surface area contributed by atoms with Crippen molar-refractivity contribution in [1.29, 1.82) is 0 Å². The molecule has 178 valence electrons. The second-order valence-electron chi connectivity index (χ2n) is 7.52. The Balaban J connectivity index is 1.47. The SMILES string of the molecule is COC(=O)c1ccc(-c2ccc(/C=C3/SC(=O)N(CC(=O)Nc4ccccc4F)C3=O)o2)c(C)c1. The van der Waals surface area contributed by atoms with Crippen molar-refractivity contribution in [1.82, 2.24) is 4.90 Å². The number of benzene rings is 2. The van der Waals surface area contributed by atoms with Gasteiger partial charge in [0.1, 0.15) is 23.9 Å². The predicted molar refractivity (Wildman–Crippen MR) is 128 cm³/mol. The molecule has 1 fully saturated rings. The third kappa shape index (κ3) is 5.17. The van der Waals surface area contributed by atoms with Crippen molar-refractivity contribution in [3.63, 3.8) is 0 Å². The topological polar surface area (TPSA) is 106 Å². The summed E-state index contributed by atoms with van der Waals surface area (Å²) < 4.78 is 24.3. The van der Waals surface area contributed by atoms with Crippen molar-refractivity contribution in [2.75, 3.05) is 19.0 Å². The number of rotatable bonds is 6. The highest BCUT2D eigenvalue weighted by molar-refractivity contribution is 8.18. The van der Waals surface area contributed by atoms with E-state index in [-0.39, 0.29) is 10.6 Å². The summed E-state index contributed by atoms with van der Waals surface area (Å²) in [6, 6.07) is 14.0. The molecule has 3 aromatic rings. The Morgan fingerprint density at radius 1 is 1.14 bits per heavy atom. The lowest BCUT2D eigenvalue weighted by atomic mass is 10.0. The van der Waals surface area contributed by atoms with Crippen molar-refractivity contribution in [2.24, 2.45) is 0 Å². The zero-order valence-corrected chi connectivity index (χ0v) is 19.5. The monoisotopic (exact) mass is 494 g/mol. The van der Waals surface area contributed by atoms with Gasteiger partial charge in [-0.3, -0.25) is 19.3 Å². The molecule has 0 spiro atoms. The van der Waals surface area contributed by atoms with Crippen LogP contribution in [0.4, 0.5) is 14.9 Å². The summed E-state index contributed by atoms with van der Waals surface area (Å²) >= 11 is 0.677. The molecule has 0 bridgehead atoms. The van der Waals surface area contributed by atoms with E-state index in [1.165, 1.54) is 31.4 Å². The number of halogens is 1. The zero-order valence-electron chi connectivity index (χ0n) is 18.7. The average Bonchev–Trinajstić information content (AvgIpc) is 3.40. The number of amides is 3. The number of esters is 1. The smallest absolute Gasteiger partial charge is 0.337 e. The van der Waals surface area contributed by atoms with Crippen LogP contribution in [-0.4, -0.2) is 41.6 Å². The number of nitrogens with one attached hydrogen (secondary N) is 1. The second-order valence-corrected chi connectivity index (χ2v) is 8.51. The van der Waals surface area contributed by atoms with Crippen molar-refractivity contribution in [3.05, 3.63) is 82.2 Å². The number of aryl methyl sites for hydroxylation is 1. The second kappa shape index (κ2) is 9.98. The molecule has 0 aliphatic carbocycles. The Morgan fingerprint density at radius 2 is 1.91 bits per heavy atom. The number of para-hydroxylation sites is 1. The highest BCUT2D eigenvalue weighted by atomic mass is 32.2. The van der Waals surface area contributed by atoms with E-state index in [4.69, 9.17) is 9.15 Å². The molecule has 10 heteroatoms. The van der Waals surface area contributed by atoms with E-state index in [2.05, 4.69) is 5.32 Å². The molecular formula is C25H19FN2O6S. The fraction of sp³-hybridized carbons (Fsp3) is 0.120. The fourth-order valence-electron chi connectivity index (χ4n) is 3.42. The summed E-state index contributed by atoms with van der Waals surface area (Å²) in [5, 5.41) is 1.73. The first-order valence-corrected chi connectivity index (χ1v) is 11.2. The minimum atomic E-state index is -0.704. The predicted octanol–water partition coefficient (Wildman–Crippen LogP) is 4.86. The van der Waals surface area contributed by atoms with Crippen LogP contribution in [-0.2, 0) is 14.3 Å². The molecular weight excluding hydrogens is 475 g/mol. The number of hydrogen-bond donors (Lipinski definition) is 1. The number of imide groups is 1. The van der Waals surface area contributed by atoms with Crippen LogP contribution in [0.3, 0.4) is 0 Å². The van der Waals surface area contributed by atoms with Crippen molar-refractivity contribution < 1.29 is 32.7 Å². The molecule has 2 aromatic carbocycles. The maximum atomic E-state index is 13.7. The van der Waals surface area contributed by atoms with E-state index >= 15 is 0 Å². The van der Waals surface area contributed by atoms with Crippen molar-refractivity contribution in [3.8, 4) is 11.3 Å². The summed E-state index contributed by atoms with van der Waals surface area (Å²) in [4.78, 5) is 49.9. The molecule has 0 unspecified atom stereocenters. The molecule has 0 atom stereocenters. The molecule has 4 rings (SSSR count). The first kappa shape index (κ1) is 24.0. The number of methoxy groups -OCH3 is 1. The van der Waals surface area contributed by atoms with Crippen LogP contribution in [0.25, 0.3) is 17.4 Å². The van der Waals surface area contributed by atoms with E-state index < -0.39 is 35.4 Å². The summed E-state index contributed by atoms with van der Waals surface area (Å²) in [5.74, 6) is -1.59. The maximum Gasteiger partial charge on any atom is 0.337 e. The standard InChI is InChI=1S/C25H19FN2O6S/c1-14-11-15(24(31)33-2)7-9-17(14)20-10-8-16(34-20)12-21-23(30)28(25(32)35-21)13-22(29)27-19-6-4-3-5-18(19)26/h3-12H,13H2,1-2H3,(H,27,29)/b21-12+. The quantitative estimate of drug-likeness (QED) is 0.385. The highest BCUT2D eigenvalue weighted by Gasteiger charge is 2.36. The van der Waals surface area contributed by atoms with Gasteiger partial charge in [-0.05, 0) is 60.6 Å². The molecule has 1 N–H and O–H groups in total. The lowest BCUT2D eigenvalue weighted by Gasteiger charge is -2.12. The van der Waals surface area contributed by atoms with Crippen LogP contribution < -0.4 is 5.32 Å². The van der Waals surface area contributed by atoms with Crippen LogP contribution in [0, 0.1) is 12.7 Å². The largest absolute Gasteiger partial charge is 0.465 e. The number of ether oxygens (including phenoxy) is 1. The third-order valence-electron chi connectivity index (χ3n) is 5.14. The van der Waals surface area contributed by atoms with Gasteiger partial charge in [0.15, 0.2) is 0 Å². The molecule has 1 aliphatic rings. The molecule has 2 heterocycles. The van der Waals surface area contributed by atoms with E-state index in [9.17, 15) is 23.6 Å².